The van der Waals surface area contributed by atoms with E-state index in [0.29, 0.717) is 32.5 Å². The summed E-state index contributed by atoms with van der Waals surface area (Å²) in [7, 11) is -0.523. The predicted octanol–water partition coefficient (Wildman–Crippen LogP) is 2.35. The third-order valence-electron chi connectivity index (χ3n) is 5.42. The molecule has 30 heavy (non-hydrogen) atoms. The van der Waals surface area contributed by atoms with Crippen LogP contribution >= 0.6 is 0 Å². The number of ether oxygens (including phenoxy) is 3. The van der Waals surface area contributed by atoms with Crippen LogP contribution in [0, 0.1) is 11.6 Å². The first-order chi connectivity index (χ1) is 14.2. The molecule has 172 valence electrons. The summed E-state index contributed by atoms with van der Waals surface area (Å²) in [6, 6.07) is 2.27. The molecule has 1 saturated heterocycles. The number of rotatable bonds is 11. The van der Waals surface area contributed by atoms with Gasteiger partial charge in [0.25, 0.3) is 0 Å². The Morgan fingerprint density at radius 2 is 1.83 bits per heavy atom. The molecule has 1 N–H and O–H groups in total. The van der Waals surface area contributed by atoms with Crippen LogP contribution in [0.4, 0.5) is 8.78 Å². The molecule has 1 aliphatic rings. The summed E-state index contributed by atoms with van der Waals surface area (Å²) in [5.41, 5.74) is -0.639. The van der Waals surface area contributed by atoms with E-state index in [1.165, 1.54) is 20.3 Å². The SMILES string of the molecule is CCCN(Cc1cc(F)c(C2(NCC(OC)OC)CCOCC2)cc1F)S(C)(=O)=O. The van der Waals surface area contributed by atoms with Gasteiger partial charge in [0.05, 0.1) is 11.8 Å². The predicted molar refractivity (Wildman–Crippen MR) is 109 cm³/mol. The summed E-state index contributed by atoms with van der Waals surface area (Å²) in [6.07, 6.45) is 2.01. The number of sulfonamides is 1. The van der Waals surface area contributed by atoms with E-state index in [1.54, 1.807) is 0 Å². The second-order valence-electron chi connectivity index (χ2n) is 7.50. The van der Waals surface area contributed by atoms with Gasteiger partial charge in [-0.2, -0.15) is 4.31 Å². The van der Waals surface area contributed by atoms with Crippen LogP contribution in [0.1, 0.15) is 37.3 Å². The van der Waals surface area contributed by atoms with E-state index in [1.807, 2.05) is 6.92 Å². The van der Waals surface area contributed by atoms with Crippen LogP contribution < -0.4 is 5.32 Å². The lowest BCUT2D eigenvalue weighted by Gasteiger charge is -2.39. The molecule has 0 radical (unpaired) electrons. The van der Waals surface area contributed by atoms with Crippen LogP contribution in [0.2, 0.25) is 0 Å². The zero-order chi connectivity index (χ0) is 22.4. The number of nitrogens with one attached hydrogen (secondary N) is 1. The van der Waals surface area contributed by atoms with Gasteiger partial charge in [-0.15, -0.1) is 0 Å². The first kappa shape index (κ1) is 25.1. The average Bonchev–Trinajstić information content (AvgIpc) is 2.70. The van der Waals surface area contributed by atoms with Crippen molar-refractivity contribution in [3.05, 3.63) is 34.9 Å². The van der Waals surface area contributed by atoms with E-state index in [-0.39, 0.29) is 30.8 Å². The van der Waals surface area contributed by atoms with E-state index < -0.39 is 33.5 Å². The van der Waals surface area contributed by atoms with Crippen LogP contribution in [0.15, 0.2) is 12.1 Å². The van der Waals surface area contributed by atoms with Crippen molar-refractivity contribution in [2.24, 2.45) is 0 Å². The zero-order valence-electron chi connectivity index (χ0n) is 18.0. The van der Waals surface area contributed by atoms with E-state index in [0.717, 1.165) is 16.6 Å². The highest BCUT2D eigenvalue weighted by atomic mass is 32.2. The molecular formula is C20H32F2N2O5S. The lowest BCUT2D eigenvalue weighted by atomic mass is 9.81. The minimum absolute atomic E-state index is 0.00370. The minimum atomic E-state index is -3.53. The second kappa shape index (κ2) is 10.9. The van der Waals surface area contributed by atoms with Crippen molar-refractivity contribution in [3.63, 3.8) is 0 Å². The topological polar surface area (TPSA) is 77.1 Å². The summed E-state index contributed by atoms with van der Waals surface area (Å²) in [5, 5.41) is 3.28. The summed E-state index contributed by atoms with van der Waals surface area (Å²) < 4.78 is 71.1. The van der Waals surface area contributed by atoms with Gasteiger partial charge in [0.15, 0.2) is 6.29 Å². The summed E-state index contributed by atoms with van der Waals surface area (Å²) in [6.45, 7) is 2.94. The Labute approximate surface area is 177 Å². The van der Waals surface area contributed by atoms with Gasteiger partial charge in [-0.1, -0.05) is 6.92 Å². The molecule has 1 aromatic carbocycles. The molecule has 0 spiro atoms. The zero-order valence-corrected chi connectivity index (χ0v) is 18.9. The van der Waals surface area contributed by atoms with Gasteiger partial charge < -0.3 is 19.5 Å². The summed E-state index contributed by atoms with van der Waals surface area (Å²) >= 11 is 0. The van der Waals surface area contributed by atoms with Crippen LogP contribution in [-0.4, -0.2) is 65.8 Å². The van der Waals surface area contributed by atoms with Crippen molar-refractivity contribution in [2.75, 3.05) is 46.8 Å². The quantitative estimate of drug-likeness (QED) is 0.522. The number of benzene rings is 1. The lowest BCUT2D eigenvalue weighted by molar-refractivity contribution is -0.105. The molecule has 1 heterocycles. The molecule has 1 aromatic rings. The van der Waals surface area contributed by atoms with Crippen LogP contribution in [0.5, 0.6) is 0 Å². The molecule has 0 saturated carbocycles. The molecular weight excluding hydrogens is 418 g/mol. The lowest BCUT2D eigenvalue weighted by Crippen LogP contribution is -2.50. The summed E-state index contributed by atoms with van der Waals surface area (Å²) in [5.74, 6) is -1.23. The van der Waals surface area contributed by atoms with E-state index in [9.17, 15) is 12.8 Å². The van der Waals surface area contributed by atoms with Gasteiger partial charge in [0.2, 0.25) is 10.0 Å². The monoisotopic (exact) mass is 450 g/mol. The fourth-order valence-corrected chi connectivity index (χ4v) is 4.57. The van der Waals surface area contributed by atoms with Crippen molar-refractivity contribution in [3.8, 4) is 0 Å². The van der Waals surface area contributed by atoms with E-state index in [4.69, 9.17) is 14.2 Å². The van der Waals surface area contributed by atoms with Crippen LogP contribution in [0.3, 0.4) is 0 Å². The molecule has 0 amide bonds. The van der Waals surface area contributed by atoms with Crippen molar-refractivity contribution in [1.29, 1.82) is 0 Å². The van der Waals surface area contributed by atoms with Crippen molar-refractivity contribution >= 4 is 10.0 Å². The van der Waals surface area contributed by atoms with Crippen LogP contribution in [-0.2, 0) is 36.3 Å². The largest absolute Gasteiger partial charge is 0.381 e. The third-order valence-corrected chi connectivity index (χ3v) is 6.67. The second-order valence-corrected chi connectivity index (χ2v) is 9.48. The maximum absolute atomic E-state index is 15.2. The number of nitrogens with zero attached hydrogens (tertiary/aromatic N) is 1. The molecule has 0 unspecified atom stereocenters. The van der Waals surface area contributed by atoms with E-state index in [2.05, 4.69) is 5.32 Å². The fraction of sp³-hybridized carbons (Fsp3) is 0.700. The third kappa shape index (κ3) is 6.18. The Kier molecular flexibility index (Phi) is 9.13. The van der Waals surface area contributed by atoms with Crippen molar-refractivity contribution in [2.45, 2.75) is 44.6 Å². The normalized spacial score (nSPS) is 17.1. The highest BCUT2D eigenvalue weighted by Crippen LogP contribution is 2.35. The van der Waals surface area contributed by atoms with Gasteiger partial charge in [-0.3, -0.25) is 0 Å². The maximum atomic E-state index is 15.2. The van der Waals surface area contributed by atoms with Gasteiger partial charge in [-0.05, 0) is 31.4 Å². The molecule has 0 aromatic heterocycles. The summed E-state index contributed by atoms with van der Waals surface area (Å²) in [4.78, 5) is 0. The molecule has 0 bridgehead atoms. The maximum Gasteiger partial charge on any atom is 0.211 e. The number of hydrogen-bond acceptors (Lipinski definition) is 6. The fourth-order valence-electron chi connectivity index (χ4n) is 3.68. The van der Waals surface area contributed by atoms with Crippen molar-refractivity contribution < 1.29 is 31.4 Å². The Bertz CT molecular complexity index is 797. The first-order valence-corrected chi connectivity index (χ1v) is 11.8. The highest BCUT2D eigenvalue weighted by Gasteiger charge is 2.37. The molecule has 0 atom stereocenters. The van der Waals surface area contributed by atoms with Gasteiger partial charge >= 0.3 is 0 Å². The highest BCUT2D eigenvalue weighted by molar-refractivity contribution is 7.88. The van der Waals surface area contributed by atoms with E-state index >= 15 is 4.39 Å². The number of hydrogen-bond donors (Lipinski definition) is 1. The Balaban J connectivity index is 2.36. The van der Waals surface area contributed by atoms with Gasteiger partial charge in [0.1, 0.15) is 11.6 Å². The molecule has 1 aliphatic heterocycles. The number of halogens is 2. The molecule has 7 nitrogen and oxygen atoms in total. The Morgan fingerprint density at radius 1 is 1.20 bits per heavy atom. The standard InChI is InChI=1S/C20H32F2N2O5S/c1-5-8-24(30(4,25)26)14-15-11-18(22)16(12-17(15)21)20(6-9-29-10-7-20)23-13-19(27-2)28-3/h11-12,19,23H,5-10,13-14H2,1-4H3. The molecule has 1 fully saturated rings. The molecule has 10 heteroatoms. The molecule has 0 aliphatic carbocycles. The first-order valence-electron chi connectivity index (χ1n) is 9.98. The minimum Gasteiger partial charge on any atom is -0.381 e. The van der Waals surface area contributed by atoms with Crippen LogP contribution in [0.25, 0.3) is 0 Å². The van der Waals surface area contributed by atoms with Gasteiger partial charge in [-0.25, -0.2) is 17.2 Å². The Hall–Kier alpha value is -1.17. The van der Waals surface area contributed by atoms with Gasteiger partial charge in [0, 0.05) is 58.2 Å². The Morgan fingerprint density at radius 3 is 2.37 bits per heavy atom. The van der Waals surface area contributed by atoms with Crippen molar-refractivity contribution in [1.82, 2.24) is 9.62 Å². The smallest absolute Gasteiger partial charge is 0.211 e. The number of methoxy groups -OCH3 is 2. The average molecular weight is 451 g/mol. The molecule has 2 rings (SSSR count).